The smallest absolute Gasteiger partial charge is 0.169 e. The first-order chi connectivity index (χ1) is 26.2. The van der Waals surface area contributed by atoms with E-state index < -0.39 is 0 Å². The highest BCUT2D eigenvalue weighted by Crippen LogP contribution is 2.58. The monoisotopic (exact) mass is 719 g/mol. The fourth-order valence-electron chi connectivity index (χ4n) is 12.8. The third-order valence-electron chi connectivity index (χ3n) is 16.8. The van der Waals surface area contributed by atoms with E-state index in [2.05, 4.69) is 113 Å². The number of rotatable bonds is 0. The molecule has 272 valence electrons. The zero-order chi connectivity index (χ0) is 37.3. The lowest BCUT2D eigenvalue weighted by molar-refractivity contribution is 0.0726. The molecule has 3 heterocycles. The molecule has 7 aliphatic rings. The Morgan fingerprint density at radius 3 is 1.67 bits per heavy atom. The van der Waals surface area contributed by atoms with Gasteiger partial charge in [-0.15, -0.1) is 0 Å². The zero-order valence-corrected chi connectivity index (χ0v) is 32.7. The number of furan rings is 1. The van der Waals surface area contributed by atoms with Crippen LogP contribution in [0, 0.1) is 10.8 Å². The molecule has 0 unspecified atom stereocenters. The molecule has 0 saturated heterocycles. The summed E-state index contributed by atoms with van der Waals surface area (Å²) in [6, 6.07) is 25.2. The molecule has 4 bridgehead atoms. The molecule has 55 heavy (non-hydrogen) atoms. The lowest BCUT2D eigenvalue weighted by Crippen LogP contribution is -2.33. The molecular weight excluding hydrogens is 675 g/mol. The van der Waals surface area contributed by atoms with Crippen molar-refractivity contribution in [3.63, 3.8) is 0 Å². The minimum absolute atomic E-state index is 0.0318. The number of nitrogens with zero attached hydrogens (tertiary/aromatic N) is 1. The summed E-state index contributed by atoms with van der Waals surface area (Å²) in [7, 11) is 0. The SMILES string of the molecule is CC12CCC(C)(CC1)c1cc3c4cc5c6cc7c(cc6oc5c5c6cc8c(cc6n(c3cc1C2=O)c45)C(=O)C1(C)CCC8(C)CC1)-c1ccccc1C7(C)C. The molecule has 3 aromatic heterocycles. The Labute approximate surface area is 320 Å². The van der Waals surface area contributed by atoms with Gasteiger partial charge < -0.3 is 8.82 Å². The number of fused-ring (bicyclic) bond motifs is 17. The van der Waals surface area contributed by atoms with Crippen LogP contribution in [0.5, 0.6) is 0 Å². The minimum atomic E-state index is -0.328. The van der Waals surface area contributed by atoms with Gasteiger partial charge in [0.05, 0.1) is 21.9 Å². The van der Waals surface area contributed by atoms with Gasteiger partial charge in [-0.1, -0.05) is 65.8 Å². The standard InChI is InChI=1S/C51H45NO3/c1-47(2)35-10-8-7-9-26(35)27-25-41-29(21-36(27)47)31-19-30-28-20-37-32(45(53)50(5)15-11-48(37,3)12-16-50)23-39(28)52-40-24-33-38(22-34(40)42(43(30)52)44(31)55-41)49(4)13-17-51(6,18-14-49)46(33)54/h7-10,19-25H,11-18H2,1-6H3. The van der Waals surface area contributed by atoms with Crippen molar-refractivity contribution >= 4 is 71.6 Å². The molecule has 7 aliphatic carbocycles. The van der Waals surface area contributed by atoms with Gasteiger partial charge in [0.1, 0.15) is 11.2 Å². The van der Waals surface area contributed by atoms with Crippen LogP contribution in [0.4, 0.5) is 0 Å². The molecule has 5 aromatic carbocycles. The Bertz CT molecular complexity index is 3160. The summed E-state index contributed by atoms with van der Waals surface area (Å²) < 4.78 is 9.54. The normalized spacial score (nSPS) is 29.2. The molecule has 8 aromatic rings. The van der Waals surface area contributed by atoms with Crippen molar-refractivity contribution in [2.24, 2.45) is 10.8 Å². The highest BCUT2D eigenvalue weighted by atomic mass is 16.3. The predicted molar refractivity (Wildman–Crippen MR) is 222 cm³/mol. The summed E-state index contributed by atoms with van der Waals surface area (Å²) in [6.45, 7) is 13.9. The number of carbonyl (C=O) groups excluding carboxylic acids is 2. The first-order valence-electron chi connectivity index (χ1n) is 20.7. The van der Waals surface area contributed by atoms with Crippen LogP contribution >= 0.6 is 0 Å². The second-order valence-corrected chi connectivity index (χ2v) is 20.3. The van der Waals surface area contributed by atoms with Gasteiger partial charge in [0.2, 0.25) is 0 Å². The average Bonchev–Trinajstić information content (AvgIpc) is 3.83. The number of aromatic nitrogens is 1. The van der Waals surface area contributed by atoms with Crippen LogP contribution < -0.4 is 0 Å². The molecule has 0 aliphatic heterocycles. The molecule has 0 N–H and O–H groups in total. The van der Waals surface area contributed by atoms with Crippen molar-refractivity contribution in [3.05, 3.63) is 100 Å². The highest BCUT2D eigenvalue weighted by molar-refractivity contribution is 6.33. The first kappa shape index (κ1) is 31.3. The van der Waals surface area contributed by atoms with Gasteiger partial charge >= 0.3 is 0 Å². The van der Waals surface area contributed by atoms with E-state index >= 15 is 0 Å². The van der Waals surface area contributed by atoms with Crippen molar-refractivity contribution in [2.75, 3.05) is 0 Å². The van der Waals surface area contributed by atoms with E-state index in [0.29, 0.717) is 11.6 Å². The molecule has 2 fully saturated rings. The third-order valence-corrected chi connectivity index (χ3v) is 16.8. The van der Waals surface area contributed by atoms with Gasteiger partial charge in [-0.05, 0) is 138 Å². The largest absolute Gasteiger partial charge is 0.455 e. The molecule has 2 saturated carbocycles. The van der Waals surface area contributed by atoms with Crippen molar-refractivity contribution in [3.8, 4) is 11.1 Å². The zero-order valence-electron chi connectivity index (χ0n) is 32.7. The average molecular weight is 720 g/mol. The number of Topliss-reactive ketones (excluding diaryl/α,β-unsaturated/α-hetero) is 2. The second-order valence-electron chi connectivity index (χ2n) is 20.3. The maximum absolute atomic E-state index is 14.6. The van der Waals surface area contributed by atoms with Crippen LogP contribution in [0.3, 0.4) is 0 Å². The summed E-state index contributed by atoms with van der Waals surface area (Å²) in [5.74, 6) is 0.594. The summed E-state index contributed by atoms with van der Waals surface area (Å²) in [5.41, 5.74) is 13.7. The summed E-state index contributed by atoms with van der Waals surface area (Å²) in [4.78, 5) is 29.1. The molecule has 0 atom stereocenters. The van der Waals surface area contributed by atoms with Gasteiger partial charge in [-0.25, -0.2) is 0 Å². The minimum Gasteiger partial charge on any atom is -0.455 e. The van der Waals surface area contributed by atoms with Crippen molar-refractivity contribution < 1.29 is 14.0 Å². The van der Waals surface area contributed by atoms with Crippen LogP contribution in [-0.2, 0) is 16.2 Å². The Balaban J connectivity index is 1.22. The van der Waals surface area contributed by atoms with Crippen molar-refractivity contribution in [2.45, 2.75) is 109 Å². The fourth-order valence-corrected chi connectivity index (χ4v) is 12.8. The maximum atomic E-state index is 14.6. The van der Waals surface area contributed by atoms with E-state index in [0.717, 1.165) is 112 Å². The Morgan fingerprint density at radius 2 is 1.04 bits per heavy atom. The quantitative estimate of drug-likeness (QED) is 0.157. The number of hydrogen-bond donors (Lipinski definition) is 0. The van der Waals surface area contributed by atoms with E-state index in [1.165, 1.54) is 44.2 Å². The third kappa shape index (κ3) is 3.42. The second kappa shape index (κ2) is 9.18. The molecule has 0 radical (unpaired) electrons. The van der Waals surface area contributed by atoms with Gasteiger partial charge in [0, 0.05) is 54.3 Å². The van der Waals surface area contributed by atoms with Gasteiger partial charge in [-0.3, -0.25) is 9.59 Å². The number of carbonyl (C=O) groups is 2. The van der Waals surface area contributed by atoms with Gasteiger partial charge in [0.15, 0.2) is 11.6 Å². The summed E-state index contributed by atoms with van der Waals surface area (Å²) in [5, 5.41) is 6.94. The van der Waals surface area contributed by atoms with E-state index in [1.54, 1.807) is 0 Å². The Morgan fingerprint density at radius 1 is 0.491 bits per heavy atom. The van der Waals surface area contributed by atoms with E-state index in [9.17, 15) is 9.59 Å². The highest BCUT2D eigenvalue weighted by Gasteiger charge is 2.50. The number of hydrogen-bond acceptors (Lipinski definition) is 3. The van der Waals surface area contributed by atoms with Gasteiger partial charge in [0.25, 0.3) is 0 Å². The van der Waals surface area contributed by atoms with Crippen LogP contribution in [0.15, 0.2) is 71.1 Å². The van der Waals surface area contributed by atoms with Crippen LogP contribution in [0.25, 0.3) is 71.2 Å². The Hall–Kier alpha value is -4.96. The van der Waals surface area contributed by atoms with Gasteiger partial charge in [-0.2, -0.15) is 0 Å². The first-order valence-corrected chi connectivity index (χ1v) is 20.7. The molecule has 0 amide bonds. The molecule has 4 heteroatoms. The maximum Gasteiger partial charge on any atom is 0.169 e. The Kier molecular flexibility index (Phi) is 5.22. The van der Waals surface area contributed by atoms with E-state index in [-0.39, 0.29) is 27.1 Å². The summed E-state index contributed by atoms with van der Waals surface area (Å²) in [6.07, 6.45) is 7.85. The lowest BCUT2D eigenvalue weighted by atomic mass is 9.65. The van der Waals surface area contributed by atoms with Crippen LogP contribution in [0.2, 0.25) is 0 Å². The fraction of sp³-hybridized carbons (Fsp3) is 0.373. The number of benzene rings is 5. The van der Waals surface area contributed by atoms with Crippen LogP contribution in [-0.4, -0.2) is 16.0 Å². The topological polar surface area (TPSA) is 51.7 Å². The van der Waals surface area contributed by atoms with Crippen molar-refractivity contribution in [1.82, 2.24) is 4.40 Å². The molecule has 0 spiro atoms. The molecular formula is C51H45NO3. The van der Waals surface area contributed by atoms with Crippen LogP contribution in [0.1, 0.15) is 136 Å². The lowest BCUT2D eigenvalue weighted by Gasteiger charge is -2.38. The number of ketones is 2. The summed E-state index contributed by atoms with van der Waals surface area (Å²) >= 11 is 0. The van der Waals surface area contributed by atoms with E-state index in [1.807, 2.05) is 0 Å². The molecule has 15 rings (SSSR count). The molecule has 4 nitrogen and oxygen atoms in total. The van der Waals surface area contributed by atoms with Crippen molar-refractivity contribution in [1.29, 1.82) is 0 Å². The van der Waals surface area contributed by atoms with E-state index in [4.69, 9.17) is 4.42 Å². The predicted octanol–water partition coefficient (Wildman–Crippen LogP) is 13.1.